The molecule has 1 saturated heterocycles. The second-order valence-corrected chi connectivity index (χ2v) is 7.46. The number of benzene rings is 1. The highest BCUT2D eigenvalue weighted by Gasteiger charge is 2.19. The van der Waals surface area contributed by atoms with Crippen molar-refractivity contribution < 1.29 is 4.52 Å². The van der Waals surface area contributed by atoms with Crippen LogP contribution in [0.3, 0.4) is 0 Å². The van der Waals surface area contributed by atoms with Gasteiger partial charge in [-0.2, -0.15) is 4.98 Å². The maximum Gasteiger partial charge on any atom is 0.228 e. The minimum Gasteiger partial charge on any atom is -0.356 e. The number of hydrogen-bond acceptors (Lipinski definition) is 5. The molecule has 0 aliphatic carbocycles. The van der Waals surface area contributed by atoms with Gasteiger partial charge in [-0.1, -0.05) is 23.7 Å². The van der Waals surface area contributed by atoms with E-state index in [1.165, 1.54) is 13.0 Å². The van der Waals surface area contributed by atoms with Crippen LogP contribution in [0.1, 0.15) is 32.1 Å². The molecule has 0 radical (unpaired) electrons. The predicted molar refractivity (Wildman–Crippen MR) is 113 cm³/mol. The molecule has 1 fully saturated rings. The van der Waals surface area contributed by atoms with Crippen molar-refractivity contribution in [3.05, 3.63) is 35.2 Å². The highest BCUT2D eigenvalue weighted by atomic mass is 35.5. The van der Waals surface area contributed by atoms with E-state index in [-0.39, 0.29) is 0 Å². The fourth-order valence-electron chi connectivity index (χ4n) is 3.37. The van der Waals surface area contributed by atoms with Crippen molar-refractivity contribution >= 4 is 17.6 Å². The number of nitrogens with one attached hydrogen (secondary N) is 2. The SMILES string of the molecule is CCCN1CCC(NC(=NC)NCCc2nc(-c3ccc(Cl)cc3)no2)CC1. The van der Waals surface area contributed by atoms with Crippen LogP contribution in [0.25, 0.3) is 11.4 Å². The van der Waals surface area contributed by atoms with E-state index in [0.29, 0.717) is 35.7 Å². The molecule has 1 aliphatic heterocycles. The molecule has 7 nitrogen and oxygen atoms in total. The normalized spacial score (nSPS) is 16.3. The quantitative estimate of drug-likeness (QED) is 0.545. The first kappa shape index (κ1) is 20.6. The highest BCUT2D eigenvalue weighted by molar-refractivity contribution is 6.30. The smallest absolute Gasteiger partial charge is 0.228 e. The van der Waals surface area contributed by atoms with Crippen LogP contribution in [0.15, 0.2) is 33.8 Å². The molecular weight excluding hydrogens is 376 g/mol. The fourth-order valence-corrected chi connectivity index (χ4v) is 3.49. The van der Waals surface area contributed by atoms with Crippen molar-refractivity contribution in [1.29, 1.82) is 0 Å². The number of aliphatic imine (C=N–C) groups is 1. The third-order valence-corrected chi connectivity index (χ3v) is 5.15. The topological polar surface area (TPSA) is 78.6 Å². The summed E-state index contributed by atoms with van der Waals surface area (Å²) in [5.74, 6) is 2.00. The first-order chi connectivity index (χ1) is 13.7. The average molecular weight is 405 g/mol. The molecule has 3 rings (SSSR count). The molecule has 0 bridgehead atoms. The third-order valence-electron chi connectivity index (χ3n) is 4.89. The summed E-state index contributed by atoms with van der Waals surface area (Å²) in [5.41, 5.74) is 0.888. The number of piperidine rings is 1. The van der Waals surface area contributed by atoms with Crippen LogP contribution in [0.2, 0.25) is 5.02 Å². The van der Waals surface area contributed by atoms with Gasteiger partial charge in [0.05, 0.1) is 0 Å². The predicted octanol–water partition coefficient (Wildman–Crippen LogP) is 2.97. The second kappa shape index (κ2) is 10.4. The van der Waals surface area contributed by atoms with Gasteiger partial charge in [-0.25, -0.2) is 0 Å². The lowest BCUT2D eigenvalue weighted by Gasteiger charge is -2.32. The van der Waals surface area contributed by atoms with Crippen LogP contribution in [0, 0.1) is 0 Å². The molecular formula is C20H29ClN6O. The van der Waals surface area contributed by atoms with E-state index in [9.17, 15) is 0 Å². The van der Waals surface area contributed by atoms with Gasteiger partial charge in [0.2, 0.25) is 11.7 Å². The van der Waals surface area contributed by atoms with Gasteiger partial charge in [0, 0.05) is 49.7 Å². The van der Waals surface area contributed by atoms with Gasteiger partial charge in [0.15, 0.2) is 5.96 Å². The second-order valence-electron chi connectivity index (χ2n) is 7.03. The molecule has 0 amide bonds. The van der Waals surface area contributed by atoms with E-state index < -0.39 is 0 Å². The van der Waals surface area contributed by atoms with Gasteiger partial charge >= 0.3 is 0 Å². The van der Waals surface area contributed by atoms with Gasteiger partial charge < -0.3 is 20.1 Å². The van der Waals surface area contributed by atoms with Gasteiger partial charge in [0.25, 0.3) is 0 Å². The zero-order chi connectivity index (χ0) is 19.8. The summed E-state index contributed by atoms with van der Waals surface area (Å²) in [5, 5.41) is 11.6. The minimum atomic E-state index is 0.471. The molecule has 0 atom stereocenters. The monoisotopic (exact) mass is 404 g/mol. The zero-order valence-electron chi connectivity index (χ0n) is 16.6. The van der Waals surface area contributed by atoms with Gasteiger partial charge in [-0.15, -0.1) is 0 Å². The van der Waals surface area contributed by atoms with E-state index >= 15 is 0 Å². The summed E-state index contributed by atoms with van der Waals surface area (Å²) >= 11 is 5.92. The van der Waals surface area contributed by atoms with E-state index in [2.05, 4.69) is 37.6 Å². The van der Waals surface area contributed by atoms with Crippen molar-refractivity contribution in [1.82, 2.24) is 25.7 Å². The molecule has 2 N–H and O–H groups in total. The van der Waals surface area contributed by atoms with Crippen molar-refractivity contribution in [3.8, 4) is 11.4 Å². The number of halogens is 1. The first-order valence-electron chi connectivity index (χ1n) is 9.96. The van der Waals surface area contributed by atoms with Crippen molar-refractivity contribution in [2.45, 2.75) is 38.6 Å². The van der Waals surface area contributed by atoms with Crippen LogP contribution in [-0.2, 0) is 6.42 Å². The van der Waals surface area contributed by atoms with E-state index in [0.717, 1.165) is 37.5 Å². The Bertz CT molecular complexity index is 752. The molecule has 1 aromatic carbocycles. The molecule has 0 unspecified atom stereocenters. The van der Waals surface area contributed by atoms with Crippen LogP contribution in [0.4, 0.5) is 0 Å². The molecule has 2 aromatic rings. The van der Waals surface area contributed by atoms with Crippen molar-refractivity contribution in [2.75, 3.05) is 33.2 Å². The number of likely N-dealkylation sites (tertiary alicyclic amines) is 1. The number of guanidine groups is 1. The number of nitrogens with zero attached hydrogens (tertiary/aromatic N) is 4. The summed E-state index contributed by atoms with van der Waals surface area (Å²) in [4.78, 5) is 11.3. The Kier molecular flexibility index (Phi) is 7.68. The summed E-state index contributed by atoms with van der Waals surface area (Å²) in [6.07, 6.45) is 4.15. The Morgan fingerprint density at radius 1 is 1.29 bits per heavy atom. The minimum absolute atomic E-state index is 0.471. The average Bonchev–Trinajstić information content (AvgIpc) is 3.18. The lowest BCUT2D eigenvalue weighted by Crippen LogP contribution is -2.49. The number of aromatic nitrogens is 2. The van der Waals surface area contributed by atoms with E-state index in [1.54, 1.807) is 7.05 Å². The molecule has 8 heteroatoms. The standard InChI is InChI=1S/C20H29ClN6O/c1-3-12-27-13-9-17(10-14-27)24-20(22-2)23-11-8-18-25-19(26-28-18)15-4-6-16(21)7-5-15/h4-7,17H,3,8-14H2,1-2H3,(H2,22,23,24). The van der Waals surface area contributed by atoms with E-state index in [1.807, 2.05) is 24.3 Å². The lowest BCUT2D eigenvalue weighted by atomic mass is 10.1. The Balaban J connectivity index is 1.42. The molecule has 2 heterocycles. The Morgan fingerprint density at radius 2 is 2.04 bits per heavy atom. The summed E-state index contributed by atoms with van der Waals surface area (Å²) in [6.45, 7) is 6.41. The molecule has 152 valence electrons. The van der Waals surface area contributed by atoms with Crippen LogP contribution < -0.4 is 10.6 Å². The van der Waals surface area contributed by atoms with Crippen molar-refractivity contribution in [3.63, 3.8) is 0 Å². The lowest BCUT2D eigenvalue weighted by molar-refractivity contribution is 0.206. The maximum absolute atomic E-state index is 5.92. The Morgan fingerprint density at radius 3 is 2.71 bits per heavy atom. The number of hydrogen-bond donors (Lipinski definition) is 2. The zero-order valence-corrected chi connectivity index (χ0v) is 17.4. The fraction of sp³-hybridized carbons (Fsp3) is 0.550. The summed E-state index contributed by atoms with van der Waals surface area (Å²) < 4.78 is 5.35. The summed E-state index contributed by atoms with van der Waals surface area (Å²) in [7, 11) is 1.80. The molecule has 1 aromatic heterocycles. The van der Waals surface area contributed by atoms with Gasteiger partial charge in [-0.3, -0.25) is 4.99 Å². The highest BCUT2D eigenvalue weighted by Crippen LogP contribution is 2.18. The molecule has 28 heavy (non-hydrogen) atoms. The van der Waals surface area contributed by atoms with Crippen LogP contribution in [0.5, 0.6) is 0 Å². The molecule has 0 saturated carbocycles. The summed E-state index contributed by atoms with van der Waals surface area (Å²) in [6, 6.07) is 7.87. The van der Waals surface area contributed by atoms with Gasteiger partial charge in [0.1, 0.15) is 0 Å². The largest absolute Gasteiger partial charge is 0.356 e. The third kappa shape index (κ3) is 5.94. The van der Waals surface area contributed by atoms with E-state index in [4.69, 9.17) is 16.1 Å². The number of rotatable bonds is 7. The van der Waals surface area contributed by atoms with Crippen molar-refractivity contribution in [2.24, 2.45) is 4.99 Å². The first-order valence-corrected chi connectivity index (χ1v) is 10.3. The van der Waals surface area contributed by atoms with Crippen LogP contribution >= 0.6 is 11.6 Å². The Hall–Kier alpha value is -2.12. The maximum atomic E-state index is 5.92. The van der Waals surface area contributed by atoms with Gasteiger partial charge in [-0.05, 0) is 50.1 Å². The van der Waals surface area contributed by atoms with Crippen LogP contribution in [-0.4, -0.2) is 60.3 Å². The molecule has 0 spiro atoms. The molecule has 1 aliphatic rings. The Labute approximate surface area is 171 Å².